The SMILES string of the molecule is Cc1nn(C)c2nc(-c3ccccc3)cc(C(=O)N3CCOC(c4ccc(Cl)cc4)C3)c12. The van der Waals surface area contributed by atoms with E-state index in [2.05, 4.69) is 5.10 Å². The quantitative estimate of drug-likeness (QED) is 0.453. The van der Waals surface area contributed by atoms with Crippen LogP contribution in [-0.4, -0.2) is 45.3 Å². The van der Waals surface area contributed by atoms with Gasteiger partial charge in [-0.15, -0.1) is 0 Å². The van der Waals surface area contributed by atoms with Gasteiger partial charge in [0.15, 0.2) is 5.65 Å². The molecule has 0 N–H and O–H groups in total. The molecule has 1 aliphatic heterocycles. The summed E-state index contributed by atoms with van der Waals surface area (Å²) in [6.07, 6.45) is -0.189. The van der Waals surface area contributed by atoms with E-state index in [1.807, 2.05) is 79.5 Å². The molecule has 0 aliphatic carbocycles. The number of carbonyl (C=O) groups is 1. The minimum Gasteiger partial charge on any atom is -0.370 e. The number of morpholine rings is 1. The third-order valence-electron chi connectivity index (χ3n) is 5.86. The fourth-order valence-electron chi connectivity index (χ4n) is 4.25. The summed E-state index contributed by atoms with van der Waals surface area (Å²) < 4.78 is 7.70. The number of rotatable bonds is 3. The van der Waals surface area contributed by atoms with Gasteiger partial charge in [0.2, 0.25) is 0 Å². The second-order valence-corrected chi connectivity index (χ2v) is 8.43. The number of hydrogen-bond acceptors (Lipinski definition) is 4. The molecule has 1 unspecified atom stereocenters. The number of ether oxygens (including phenoxy) is 1. The molecular formula is C25H23ClN4O2. The topological polar surface area (TPSA) is 60.2 Å². The summed E-state index contributed by atoms with van der Waals surface area (Å²) in [5, 5.41) is 6.01. The Balaban J connectivity index is 1.54. The van der Waals surface area contributed by atoms with Crippen molar-refractivity contribution < 1.29 is 9.53 Å². The number of aromatic nitrogens is 3. The predicted molar refractivity (Wildman–Crippen MR) is 125 cm³/mol. The van der Waals surface area contributed by atoms with Crippen LogP contribution in [0, 0.1) is 6.92 Å². The molecule has 2 aromatic heterocycles. The van der Waals surface area contributed by atoms with Gasteiger partial charge in [0.25, 0.3) is 5.91 Å². The lowest BCUT2D eigenvalue weighted by molar-refractivity contribution is -0.0227. The van der Waals surface area contributed by atoms with Gasteiger partial charge in [-0.05, 0) is 30.7 Å². The zero-order valence-electron chi connectivity index (χ0n) is 18.0. The number of nitrogens with zero attached hydrogens (tertiary/aromatic N) is 4. The van der Waals surface area contributed by atoms with Crippen LogP contribution in [0.25, 0.3) is 22.3 Å². The molecule has 5 rings (SSSR count). The zero-order chi connectivity index (χ0) is 22.2. The van der Waals surface area contributed by atoms with Crippen LogP contribution in [0.1, 0.15) is 27.7 Å². The van der Waals surface area contributed by atoms with E-state index in [0.717, 1.165) is 27.9 Å². The fourth-order valence-corrected chi connectivity index (χ4v) is 4.38. The van der Waals surface area contributed by atoms with Crippen LogP contribution in [0.15, 0.2) is 60.7 Å². The van der Waals surface area contributed by atoms with E-state index in [-0.39, 0.29) is 12.0 Å². The third-order valence-corrected chi connectivity index (χ3v) is 6.12. The maximum Gasteiger partial charge on any atom is 0.254 e. The molecule has 32 heavy (non-hydrogen) atoms. The number of carbonyl (C=O) groups excluding carboxylic acids is 1. The molecule has 6 nitrogen and oxygen atoms in total. The molecule has 7 heteroatoms. The van der Waals surface area contributed by atoms with Crippen LogP contribution in [0.3, 0.4) is 0 Å². The summed E-state index contributed by atoms with van der Waals surface area (Å²) >= 11 is 6.03. The van der Waals surface area contributed by atoms with Crippen molar-refractivity contribution in [3.05, 3.63) is 82.5 Å². The molecule has 4 aromatic rings. The second kappa shape index (κ2) is 8.37. The van der Waals surface area contributed by atoms with E-state index in [1.54, 1.807) is 4.68 Å². The molecule has 0 bridgehead atoms. The highest BCUT2D eigenvalue weighted by atomic mass is 35.5. The maximum absolute atomic E-state index is 13.8. The molecular weight excluding hydrogens is 424 g/mol. The Labute approximate surface area is 191 Å². The smallest absolute Gasteiger partial charge is 0.254 e. The van der Waals surface area contributed by atoms with Gasteiger partial charge < -0.3 is 9.64 Å². The minimum atomic E-state index is -0.189. The summed E-state index contributed by atoms with van der Waals surface area (Å²) in [5.41, 5.74) is 4.84. The summed E-state index contributed by atoms with van der Waals surface area (Å²) in [4.78, 5) is 20.5. The van der Waals surface area contributed by atoms with Crippen LogP contribution >= 0.6 is 11.6 Å². The van der Waals surface area contributed by atoms with Crippen molar-refractivity contribution >= 4 is 28.5 Å². The van der Waals surface area contributed by atoms with Gasteiger partial charge in [0, 0.05) is 24.2 Å². The number of aryl methyl sites for hydroxylation is 2. The van der Waals surface area contributed by atoms with Gasteiger partial charge in [0.1, 0.15) is 6.10 Å². The average Bonchev–Trinajstić information content (AvgIpc) is 3.12. The Kier molecular flexibility index (Phi) is 5.41. The Morgan fingerprint density at radius 1 is 1.12 bits per heavy atom. The molecule has 0 saturated carbocycles. The van der Waals surface area contributed by atoms with Crippen molar-refractivity contribution in [3.8, 4) is 11.3 Å². The van der Waals surface area contributed by atoms with E-state index in [1.165, 1.54) is 0 Å². The molecule has 2 aromatic carbocycles. The van der Waals surface area contributed by atoms with E-state index in [4.69, 9.17) is 21.3 Å². The van der Waals surface area contributed by atoms with Crippen molar-refractivity contribution in [3.63, 3.8) is 0 Å². The number of hydrogen-bond donors (Lipinski definition) is 0. The van der Waals surface area contributed by atoms with Crippen molar-refractivity contribution in [1.29, 1.82) is 0 Å². The normalized spacial score (nSPS) is 16.5. The summed E-state index contributed by atoms with van der Waals surface area (Å²) in [6.45, 7) is 3.40. The van der Waals surface area contributed by atoms with Crippen molar-refractivity contribution in [2.75, 3.05) is 19.7 Å². The molecule has 1 amide bonds. The van der Waals surface area contributed by atoms with Crippen LogP contribution in [0.5, 0.6) is 0 Å². The van der Waals surface area contributed by atoms with E-state index < -0.39 is 0 Å². The first-order valence-electron chi connectivity index (χ1n) is 10.6. The molecule has 1 fully saturated rings. The Hall–Kier alpha value is -3.22. The fraction of sp³-hybridized carbons (Fsp3) is 0.240. The largest absolute Gasteiger partial charge is 0.370 e. The lowest BCUT2D eigenvalue weighted by Gasteiger charge is -2.33. The van der Waals surface area contributed by atoms with Crippen LogP contribution in [0.2, 0.25) is 5.02 Å². The van der Waals surface area contributed by atoms with E-state index in [9.17, 15) is 4.79 Å². The Morgan fingerprint density at radius 3 is 2.62 bits per heavy atom. The lowest BCUT2D eigenvalue weighted by Crippen LogP contribution is -2.42. The number of amides is 1. The van der Waals surface area contributed by atoms with Gasteiger partial charge in [-0.25, -0.2) is 4.98 Å². The van der Waals surface area contributed by atoms with E-state index >= 15 is 0 Å². The molecule has 162 valence electrons. The number of halogens is 1. The predicted octanol–water partition coefficient (Wildman–Crippen LogP) is 4.81. The second-order valence-electron chi connectivity index (χ2n) is 7.99. The summed E-state index contributed by atoms with van der Waals surface area (Å²) in [6, 6.07) is 19.4. The maximum atomic E-state index is 13.8. The van der Waals surface area contributed by atoms with Crippen molar-refractivity contribution in [2.24, 2.45) is 7.05 Å². The third kappa shape index (κ3) is 3.76. The molecule has 1 saturated heterocycles. The number of benzene rings is 2. The van der Waals surface area contributed by atoms with Crippen molar-refractivity contribution in [1.82, 2.24) is 19.7 Å². The average molecular weight is 447 g/mol. The highest BCUT2D eigenvalue weighted by Gasteiger charge is 2.29. The highest BCUT2D eigenvalue weighted by Crippen LogP contribution is 2.30. The number of fused-ring (bicyclic) bond motifs is 1. The number of pyridine rings is 1. The van der Waals surface area contributed by atoms with Gasteiger partial charge in [-0.2, -0.15) is 5.10 Å². The standard InChI is InChI=1S/C25H23ClN4O2/c1-16-23-20(14-21(17-6-4-3-5-7-17)27-24(23)29(2)28-16)25(31)30-12-13-32-22(15-30)18-8-10-19(26)11-9-18/h3-11,14,22H,12-13,15H2,1-2H3. The summed E-state index contributed by atoms with van der Waals surface area (Å²) in [7, 11) is 1.86. The molecule has 0 spiro atoms. The highest BCUT2D eigenvalue weighted by molar-refractivity contribution is 6.30. The Bertz CT molecular complexity index is 1290. The monoisotopic (exact) mass is 446 g/mol. The summed E-state index contributed by atoms with van der Waals surface area (Å²) in [5.74, 6) is -0.0343. The first-order valence-corrected chi connectivity index (χ1v) is 10.9. The molecule has 3 heterocycles. The molecule has 1 aliphatic rings. The molecule has 0 radical (unpaired) electrons. The van der Waals surface area contributed by atoms with E-state index in [0.29, 0.717) is 35.9 Å². The van der Waals surface area contributed by atoms with Gasteiger partial charge >= 0.3 is 0 Å². The van der Waals surface area contributed by atoms with Crippen LogP contribution in [0.4, 0.5) is 0 Å². The first kappa shape index (κ1) is 20.7. The van der Waals surface area contributed by atoms with Crippen LogP contribution < -0.4 is 0 Å². The molecule has 1 atom stereocenters. The lowest BCUT2D eigenvalue weighted by atomic mass is 10.0. The first-order chi connectivity index (χ1) is 15.5. The van der Waals surface area contributed by atoms with Gasteiger partial charge in [0.05, 0.1) is 35.5 Å². The van der Waals surface area contributed by atoms with Crippen LogP contribution in [-0.2, 0) is 11.8 Å². The Morgan fingerprint density at radius 2 is 1.88 bits per heavy atom. The minimum absolute atomic E-state index is 0.0343. The van der Waals surface area contributed by atoms with Gasteiger partial charge in [-0.3, -0.25) is 9.48 Å². The van der Waals surface area contributed by atoms with Gasteiger partial charge in [-0.1, -0.05) is 54.1 Å². The van der Waals surface area contributed by atoms with Crippen molar-refractivity contribution in [2.45, 2.75) is 13.0 Å². The zero-order valence-corrected chi connectivity index (χ0v) is 18.7.